The monoisotopic (exact) mass is 346 g/mol. The van der Waals surface area contributed by atoms with Crippen molar-refractivity contribution in [1.29, 1.82) is 0 Å². The summed E-state index contributed by atoms with van der Waals surface area (Å²) in [7, 11) is 0. The molecule has 124 valence electrons. The fraction of sp³-hybridized carbons (Fsp3) is 0.150. The summed E-state index contributed by atoms with van der Waals surface area (Å²) in [6.45, 7) is 4.00. The SMILES string of the molecule is Cc1cc(C)n(-c2ccc(SCc3cccc4ccccc34)nn2)n1. The van der Waals surface area contributed by atoms with Crippen LogP contribution in [0.4, 0.5) is 0 Å². The van der Waals surface area contributed by atoms with Gasteiger partial charge in [0.15, 0.2) is 5.82 Å². The number of hydrogen-bond acceptors (Lipinski definition) is 4. The Morgan fingerprint density at radius 2 is 1.76 bits per heavy atom. The van der Waals surface area contributed by atoms with Gasteiger partial charge in [0, 0.05) is 11.4 Å². The molecule has 2 aromatic carbocycles. The molecule has 0 fully saturated rings. The lowest BCUT2D eigenvalue weighted by atomic mass is 10.1. The van der Waals surface area contributed by atoms with Gasteiger partial charge in [0.25, 0.3) is 0 Å². The normalized spacial score (nSPS) is 11.1. The maximum atomic E-state index is 4.45. The van der Waals surface area contributed by atoms with Gasteiger partial charge in [-0.3, -0.25) is 0 Å². The van der Waals surface area contributed by atoms with Crippen molar-refractivity contribution >= 4 is 22.5 Å². The lowest BCUT2D eigenvalue weighted by Gasteiger charge is -2.07. The highest BCUT2D eigenvalue weighted by Crippen LogP contribution is 2.26. The van der Waals surface area contributed by atoms with E-state index < -0.39 is 0 Å². The van der Waals surface area contributed by atoms with Crippen LogP contribution in [-0.2, 0) is 5.75 Å². The molecule has 0 amide bonds. The molecule has 0 bridgehead atoms. The molecule has 2 aromatic heterocycles. The van der Waals surface area contributed by atoms with Gasteiger partial charge in [-0.2, -0.15) is 5.10 Å². The van der Waals surface area contributed by atoms with Gasteiger partial charge in [0.2, 0.25) is 0 Å². The van der Waals surface area contributed by atoms with E-state index in [2.05, 4.69) is 57.8 Å². The minimum atomic E-state index is 0.750. The van der Waals surface area contributed by atoms with Crippen LogP contribution in [0.15, 0.2) is 65.7 Å². The molecule has 0 aliphatic heterocycles. The second kappa shape index (κ2) is 6.69. The molecule has 5 heteroatoms. The molecule has 2 heterocycles. The quantitative estimate of drug-likeness (QED) is 0.501. The summed E-state index contributed by atoms with van der Waals surface area (Å²) in [5, 5.41) is 16.6. The summed E-state index contributed by atoms with van der Waals surface area (Å²) in [6, 6.07) is 20.9. The topological polar surface area (TPSA) is 43.6 Å². The van der Waals surface area contributed by atoms with E-state index in [9.17, 15) is 0 Å². The fourth-order valence-electron chi connectivity index (χ4n) is 2.93. The van der Waals surface area contributed by atoms with E-state index in [4.69, 9.17) is 0 Å². The first-order valence-corrected chi connectivity index (χ1v) is 9.16. The number of benzene rings is 2. The van der Waals surface area contributed by atoms with Crippen molar-refractivity contribution in [3.05, 3.63) is 77.6 Å². The Morgan fingerprint density at radius 3 is 2.52 bits per heavy atom. The minimum absolute atomic E-state index is 0.750. The van der Waals surface area contributed by atoms with Crippen LogP contribution < -0.4 is 0 Å². The smallest absolute Gasteiger partial charge is 0.175 e. The first kappa shape index (κ1) is 15.8. The predicted octanol–water partition coefficient (Wildman–Crippen LogP) is 4.72. The summed E-state index contributed by atoms with van der Waals surface area (Å²) in [5.41, 5.74) is 3.35. The molecular weight excluding hydrogens is 328 g/mol. The average molecular weight is 346 g/mol. The molecule has 0 aliphatic rings. The maximum Gasteiger partial charge on any atom is 0.175 e. The number of hydrogen-bond donors (Lipinski definition) is 0. The summed E-state index contributed by atoms with van der Waals surface area (Å²) < 4.78 is 1.82. The number of nitrogens with zero attached hydrogens (tertiary/aromatic N) is 4. The lowest BCUT2D eigenvalue weighted by Crippen LogP contribution is -2.03. The Labute approximate surface area is 150 Å². The molecule has 0 unspecified atom stereocenters. The van der Waals surface area contributed by atoms with E-state index in [-0.39, 0.29) is 0 Å². The molecule has 0 radical (unpaired) electrons. The van der Waals surface area contributed by atoms with E-state index >= 15 is 0 Å². The highest BCUT2D eigenvalue weighted by atomic mass is 32.2. The van der Waals surface area contributed by atoms with Crippen LogP contribution in [0.25, 0.3) is 16.6 Å². The van der Waals surface area contributed by atoms with E-state index in [1.54, 1.807) is 11.8 Å². The second-order valence-corrected chi connectivity index (χ2v) is 6.99. The summed E-state index contributed by atoms with van der Waals surface area (Å²) >= 11 is 1.70. The second-order valence-electron chi connectivity index (χ2n) is 6.00. The molecule has 0 N–H and O–H groups in total. The van der Waals surface area contributed by atoms with Gasteiger partial charge in [0.05, 0.1) is 5.69 Å². The Kier molecular flexibility index (Phi) is 4.24. The standard InChI is InChI=1S/C20H18N4S/c1-14-12-15(2)24(23-14)19-10-11-20(22-21-19)25-13-17-8-5-7-16-6-3-4-9-18(16)17/h3-12H,13H2,1-2H3. The van der Waals surface area contributed by atoms with Crippen LogP contribution in [0, 0.1) is 13.8 Å². The zero-order valence-electron chi connectivity index (χ0n) is 14.2. The number of thioether (sulfide) groups is 1. The van der Waals surface area contributed by atoms with E-state index in [0.717, 1.165) is 28.0 Å². The molecule has 0 aliphatic carbocycles. The van der Waals surface area contributed by atoms with Gasteiger partial charge < -0.3 is 0 Å². The number of rotatable bonds is 4. The van der Waals surface area contributed by atoms with Gasteiger partial charge in [-0.05, 0) is 48.4 Å². The number of aryl methyl sites for hydroxylation is 2. The molecular formula is C20H18N4S. The van der Waals surface area contributed by atoms with Crippen LogP contribution in [0.5, 0.6) is 0 Å². The van der Waals surface area contributed by atoms with Gasteiger partial charge in [-0.15, -0.1) is 10.2 Å². The third-order valence-electron chi connectivity index (χ3n) is 4.11. The third-order valence-corrected chi connectivity index (χ3v) is 5.08. The van der Waals surface area contributed by atoms with Gasteiger partial charge >= 0.3 is 0 Å². The summed E-state index contributed by atoms with van der Waals surface area (Å²) in [4.78, 5) is 0. The highest BCUT2D eigenvalue weighted by Gasteiger charge is 2.07. The Balaban J connectivity index is 1.52. The van der Waals surface area contributed by atoms with Crippen molar-refractivity contribution < 1.29 is 0 Å². The van der Waals surface area contributed by atoms with E-state index in [1.165, 1.54) is 16.3 Å². The van der Waals surface area contributed by atoms with Crippen LogP contribution in [0.3, 0.4) is 0 Å². The zero-order valence-corrected chi connectivity index (χ0v) is 15.0. The maximum absolute atomic E-state index is 4.45. The Bertz CT molecular complexity index is 1020. The lowest BCUT2D eigenvalue weighted by molar-refractivity contribution is 0.765. The Hall–Kier alpha value is -2.66. The third kappa shape index (κ3) is 3.28. The molecule has 0 spiro atoms. The van der Waals surface area contributed by atoms with Crippen molar-refractivity contribution in [2.75, 3.05) is 0 Å². The van der Waals surface area contributed by atoms with Crippen LogP contribution in [0.1, 0.15) is 17.0 Å². The van der Waals surface area contributed by atoms with Crippen LogP contribution >= 0.6 is 11.8 Å². The summed E-state index contributed by atoms with van der Waals surface area (Å²) in [5.74, 6) is 1.62. The number of fused-ring (bicyclic) bond motifs is 1. The van der Waals surface area contributed by atoms with Crippen molar-refractivity contribution in [2.24, 2.45) is 0 Å². The molecule has 4 nitrogen and oxygen atoms in total. The molecule has 25 heavy (non-hydrogen) atoms. The van der Waals surface area contributed by atoms with Crippen molar-refractivity contribution in [3.8, 4) is 5.82 Å². The van der Waals surface area contributed by atoms with Crippen molar-refractivity contribution in [3.63, 3.8) is 0 Å². The highest BCUT2D eigenvalue weighted by molar-refractivity contribution is 7.98. The molecule has 0 atom stereocenters. The molecule has 4 aromatic rings. The van der Waals surface area contributed by atoms with Crippen LogP contribution in [0.2, 0.25) is 0 Å². The van der Waals surface area contributed by atoms with Gasteiger partial charge in [-0.1, -0.05) is 54.2 Å². The fourth-order valence-corrected chi connectivity index (χ4v) is 3.75. The average Bonchev–Trinajstić information content (AvgIpc) is 2.98. The molecule has 0 saturated carbocycles. The van der Waals surface area contributed by atoms with E-state index in [0.29, 0.717) is 0 Å². The number of aromatic nitrogens is 4. The predicted molar refractivity (Wildman–Crippen MR) is 102 cm³/mol. The van der Waals surface area contributed by atoms with Crippen LogP contribution in [-0.4, -0.2) is 20.0 Å². The first-order chi connectivity index (χ1) is 12.2. The van der Waals surface area contributed by atoms with E-state index in [1.807, 2.05) is 36.7 Å². The van der Waals surface area contributed by atoms with Gasteiger partial charge in [-0.25, -0.2) is 4.68 Å². The molecule has 4 rings (SSSR count). The zero-order chi connectivity index (χ0) is 17.2. The Morgan fingerprint density at radius 1 is 0.920 bits per heavy atom. The molecule has 0 saturated heterocycles. The van der Waals surface area contributed by atoms with Crippen molar-refractivity contribution in [1.82, 2.24) is 20.0 Å². The van der Waals surface area contributed by atoms with Gasteiger partial charge in [0.1, 0.15) is 5.03 Å². The van der Waals surface area contributed by atoms with Crippen molar-refractivity contribution in [2.45, 2.75) is 24.6 Å². The first-order valence-electron chi connectivity index (χ1n) is 8.17. The largest absolute Gasteiger partial charge is 0.218 e. The minimum Gasteiger partial charge on any atom is -0.218 e. The summed E-state index contributed by atoms with van der Waals surface area (Å²) in [6.07, 6.45) is 0.